The van der Waals surface area contributed by atoms with Gasteiger partial charge in [0.05, 0.1) is 12.5 Å². The van der Waals surface area contributed by atoms with Gasteiger partial charge in [0.2, 0.25) is 5.91 Å². The summed E-state index contributed by atoms with van der Waals surface area (Å²) in [5.74, 6) is -3.86. The molecule has 3 aliphatic rings. The summed E-state index contributed by atoms with van der Waals surface area (Å²) in [4.78, 5) is 11.2. The monoisotopic (exact) mass is 538 g/mol. The van der Waals surface area contributed by atoms with E-state index in [4.69, 9.17) is 10.8 Å². The zero-order valence-electron chi connectivity index (χ0n) is 22.5. The second-order valence-corrected chi connectivity index (χ2v) is 9.87. The Bertz CT molecular complexity index is 976. The maximum absolute atomic E-state index is 13.5. The summed E-state index contributed by atoms with van der Waals surface area (Å²) < 4.78 is 51.5. The van der Waals surface area contributed by atoms with Crippen molar-refractivity contribution in [2.75, 3.05) is 13.1 Å². The number of hydrogen-bond donors (Lipinski definition) is 3. The summed E-state index contributed by atoms with van der Waals surface area (Å²) in [6.07, 6.45) is 6.25. The van der Waals surface area contributed by atoms with E-state index in [2.05, 4.69) is 5.32 Å². The molecule has 1 atom stereocenters. The number of alkyl halides is 2. The van der Waals surface area contributed by atoms with Gasteiger partial charge < -0.3 is 16.2 Å². The van der Waals surface area contributed by atoms with Gasteiger partial charge in [0.15, 0.2) is 0 Å². The van der Waals surface area contributed by atoms with Crippen molar-refractivity contribution in [1.29, 1.82) is 0 Å². The lowest BCUT2D eigenvalue weighted by atomic mass is 9.91. The van der Waals surface area contributed by atoms with Gasteiger partial charge >= 0.3 is 0 Å². The first-order chi connectivity index (χ1) is 18.1. The molecule has 212 valence electrons. The third kappa shape index (κ3) is 11.1. The van der Waals surface area contributed by atoms with Gasteiger partial charge in [0.1, 0.15) is 11.6 Å². The fourth-order valence-corrected chi connectivity index (χ4v) is 4.72. The Morgan fingerprint density at radius 2 is 1.63 bits per heavy atom. The normalized spacial score (nSPS) is 19.9. The second-order valence-electron chi connectivity index (χ2n) is 9.87. The molecule has 1 saturated heterocycles. The number of carbonyl (C=O) groups is 1. The molecule has 2 aromatic carbocycles. The van der Waals surface area contributed by atoms with Gasteiger partial charge in [-0.25, -0.2) is 17.6 Å². The zero-order chi connectivity index (χ0) is 28.1. The van der Waals surface area contributed by atoms with Crippen molar-refractivity contribution in [2.24, 2.45) is 5.73 Å². The molecule has 0 radical (unpaired) electrons. The molecule has 1 amide bonds. The minimum Gasteiger partial charge on any atom is -0.393 e. The highest BCUT2D eigenvalue weighted by Gasteiger charge is 2.35. The van der Waals surface area contributed by atoms with E-state index in [1.54, 1.807) is 6.07 Å². The first-order valence-corrected chi connectivity index (χ1v) is 13.8. The lowest BCUT2D eigenvalue weighted by Gasteiger charge is -2.24. The Kier molecular flexibility index (Phi) is 13.2. The van der Waals surface area contributed by atoms with E-state index in [1.807, 2.05) is 26.0 Å². The number of aliphatic hydroxyl groups is 1. The number of halogens is 4. The topological polar surface area (TPSA) is 75.3 Å². The van der Waals surface area contributed by atoms with E-state index in [0.717, 1.165) is 35.6 Å². The Morgan fingerprint density at radius 3 is 2.05 bits per heavy atom. The molecule has 4 nitrogen and oxygen atoms in total. The van der Waals surface area contributed by atoms with Crippen molar-refractivity contribution >= 4 is 5.91 Å². The van der Waals surface area contributed by atoms with Crippen molar-refractivity contribution in [3.05, 3.63) is 59.2 Å². The van der Waals surface area contributed by atoms with Crippen LogP contribution in [0, 0.1) is 11.6 Å². The molecule has 2 aliphatic carbocycles. The number of amides is 1. The molecule has 1 heterocycles. The van der Waals surface area contributed by atoms with Crippen LogP contribution in [0.4, 0.5) is 17.6 Å². The maximum atomic E-state index is 13.5. The lowest BCUT2D eigenvalue weighted by Crippen LogP contribution is -2.28. The molecule has 0 aromatic heterocycles. The predicted molar refractivity (Wildman–Crippen MR) is 144 cm³/mol. The van der Waals surface area contributed by atoms with E-state index in [-0.39, 0.29) is 19.3 Å². The molecule has 1 aliphatic heterocycles. The third-order valence-corrected chi connectivity index (χ3v) is 6.54. The van der Waals surface area contributed by atoms with E-state index in [9.17, 15) is 22.4 Å². The van der Waals surface area contributed by atoms with Crippen molar-refractivity contribution < 1.29 is 27.5 Å². The highest BCUT2D eigenvalue weighted by atomic mass is 19.3. The molecule has 3 fully saturated rings. The van der Waals surface area contributed by atoms with E-state index >= 15 is 0 Å². The summed E-state index contributed by atoms with van der Waals surface area (Å²) in [5, 5.41) is 12.0. The fourth-order valence-electron chi connectivity index (χ4n) is 4.72. The summed E-state index contributed by atoms with van der Waals surface area (Å²) in [6, 6.07) is 8.98. The molecule has 1 unspecified atom stereocenters. The first-order valence-electron chi connectivity index (χ1n) is 13.8. The molecular formula is C30H42F4N2O2. The van der Waals surface area contributed by atoms with Crippen LogP contribution >= 0.6 is 0 Å². The van der Waals surface area contributed by atoms with Gasteiger partial charge in [-0.15, -0.1) is 0 Å². The predicted octanol–water partition coefficient (Wildman–Crippen LogP) is 6.88. The standard InChI is InChI=1S/C17H15F2NO.C6H10F2O.C5H11N.C2H6/c18-13-6-12(7-14(19)9-13)15-3-1-2-11(8-16(20)21)17(15)10-4-5-10;7-6(8)3-1-2-5(9)4-6;1-2-4-6-5-3-1;1-2/h1-3,6-7,9-10H,4-5,8H2,(H2,20,21);5,9H,1-4H2;6H,1-5H2;1-2H3. The largest absolute Gasteiger partial charge is 0.393 e. The van der Waals surface area contributed by atoms with E-state index in [1.165, 1.54) is 44.5 Å². The number of piperidine rings is 1. The minimum atomic E-state index is -2.60. The Balaban J connectivity index is 0.000000244. The third-order valence-electron chi connectivity index (χ3n) is 6.54. The number of benzene rings is 2. The van der Waals surface area contributed by atoms with E-state index < -0.39 is 29.6 Å². The van der Waals surface area contributed by atoms with Crippen LogP contribution in [0.15, 0.2) is 36.4 Å². The van der Waals surface area contributed by atoms with Crippen LogP contribution in [0.1, 0.15) is 88.7 Å². The van der Waals surface area contributed by atoms with Crippen LogP contribution in [0.5, 0.6) is 0 Å². The van der Waals surface area contributed by atoms with Crippen LogP contribution in [0.25, 0.3) is 11.1 Å². The highest BCUT2D eigenvalue weighted by Crippen LogP contribution is 2.46. The van der Waals surface area contributed by atoms with Gasteiger partial charge in [-0.2, -0.15) is 0 Å². The number of primary amides is 1. The summed E-state index contributed by atoms with van der Waals surface area (Å²) in [6.45, 7) is 6.50. The summed E-state index contributed by atoms with van der Waals surface area (Å²) >= 11 is 0. The van der Waals surface area contributed by atoms with Crippen molar-refractivity contribution in [1.82, 2.24) is 5.32 Å². The number of nitrogens with two attached hydrogens (primary N) is 1. The number of carbonyl (C=O) groups excluding carboxylic acids is 1. The van der Waals surface area contributed by atoms with Gasteiger partial charge in [0.25, 0.3) is 5.92 Å². The summed E-state index contributed by atoms with van der Waals surface area (Å²) in [7, 11) is 0. The number of hydrogen-bond acceptors (Lipinski definition) is 3. The average Bonchev–Trinajstić information content (AvgIpc) is 3.71. The maximum Gasteiger partial charge on any atom is 0.250 e. The second kappa shape index (κ2) is 15.8. The number of aliphatic hydroxyl groups excluding tert-OH is 1. The Labute approximate surface area is 224 Å². The van der Waals surface area contributed by atoms with Gasteiger partial charge in [0, 0.05) is 18.9 Å². The van der Waals surface area contributed by atoms with Crippen LogP contribution in [-0.4, -0.2) is 36.1 Å². The van der Waals surface area contributed by atoms with Gasteiger partial charge in [-0.05, 0) is 91.9 Å². The molecule has 2 aromatic rings. The molecule has 4 N–H and O–H groups in total. The van der Waals surface area contributed by atoms with Crippen LogP contribution < -0.4 is 11.1 Å². The molecule has 0 spiro atoms. The molecule has 2 saturated carbocycles. The fraction of sp³-hybridized carbons (Fsp3) is 0.567. The smallest absolute Gasteiger partial charge is 0.250 e. The average molecular weight is 539 g/mol. The highest BCUT2D eigenvalue weighted by molar-refractivity contribution is 5.79. The molecule has 5 rings (SSSR count). The molecule has 0 bridgehead atoms. The van der Waals surface area contributed by atoms with Crippen LogP contribution in [0.2, 0.25) is 0 Å². The van der Waals surface area contributed by atoms with Crippen molar-refractivity contribution in [3.63, 3.8) is 0 Å². The SMILES string of the molecule is C1CCNCC1.CC.NC(=O)Cc1cccc(-c2cc(F)cc(F)c2)c1C1CC1.OC1CCCC(F)(F)C1. The van der Waals surface area contributed by atoms with Crippen LogP contribution in [0.3, 0.4) is 0 Å². The molecular weight excluding hydrogens is 496 g/mol. The van der Waals surface area contributed by atoms with Crippen molar-refractivity contribution in [2.45, 2.75) is 96.0 Å². The van der Waals surface area contributed by atoms with Gasteiger partial charge in [-0.1, -0.05) is 38.5 Å². The van der Waals surface area contributed by atoms with Crippen molar-refractivity contribution in [3.8, 4) is 11.1 Å². The molecule has 8 heteroatoms. The number of rotatable bonds is 4. The lowest BCUT2D eigenvalue weighted by molar-refractivity contribution is -0.117. The van der Waals surface area contributed by atoms with E-state index in [0.29, 0.717) is 24.3 Å². The number of nitrogens with one attached hydrogen (secondary N) is 1. The Hall–Kier alpha value is -2.45. The first kappa shape index (κ1) is 31.8. The molecule has 38 heavy (non-hydrogen) atoms. The summed E-state index contributed by atoms with van der Waals surface area (Å²) in [5.41, 5.74) is 8.43. The quantitative estimate of drug-likeness (QED) is 0.372. The minimum absolute atomic E-state index is 0.0515. The Morgan fingerprint density at radius 1 is 1.00 bits per heavy atom. The van der Waals surface area contributed by atoms with Crippen LogP contribution in [-0.2, 0) is 11.2 Å². The zero-order valence-corrected chi connectivity index (χ0v) is 22.5. The van der Waals surface area contributed by atoms with Gasteiger partial charge in [-0.3, -0.25) is 4.79 Å².